The molecule has 2 aromatic rings. The summed E-state index contributed by atoms with van der Waals surface area (Å²) in [6.45, 7) is 3.27. The zero-order chi connectivity index (χ0) is 15.1. The normalized spacial score (nSPS) is 11.3. The fraction of sp³-hybridized carbons (Fsp3) is 0.375. The molecule has 5 heteroatoms. The van der Waals surface area contributed by atoms with Crippen LogP contribution in [0.25, 0.3) is 10.9 Å². The number of unbranched alkanes of at least 4 members (excludes halogenated alkanes) is 3. The largest absolute Gasteiger partial charge is 0.375 e. The SMILES string of the molecule is CCCCCCn1cc(C=NNC(N)=S)c2ccccc21. The first-order valence-corrected chi connectivity index (χ1v) is 7.79. The molecule has 0 bridgehead atoms. The maximum Gasteiger partial charge on any atom is 0.184 e. The lowest BCUT2D eigenvalue weighted by molar-refractivity contribution is 0.593. The number of nitrogens with two attached hydrogens (primary N) is 1. The molecule has 1 aromatic carbocycles. The Hall–Kier alpha value is -1.88. The first-order valence-electron chi connectivity index (χ1n) is 7.38. The van der Waals surface area contributed by atoms with Gasteiger partial charge in [-0.3, -0.25) is 5.43 Å². The monoisotopic (exact) mass is 302 g/mol. The number of hydrogen-bond donors (Lipinski definition) is 2. The summed E-state index contributed by atoms with van der Waals surface area (Å²) in [6, 6.07) is 8.37. The van der Waals surface area contributed by atoms with Gasteiger partial charge in [-0.05, 0) is 24.7 Å². The average molecular weight is 302 g/mol. The van der Waals surface area contributed by atoms with E-state index in [0.29, 0.717) is 0 Å². The van der Waals surface area contributed by atoms with Crippen LogP contribution >= 0.6 is 12.2 Å². The highest BCUT2D eigenvalue weighted by Crippen LogP contribution is 2.20. The van der Waals surface area contributed by atoms with E-state index in [0.717, 1.165) is 12.1 Å². The lowest BCUT2D eigenvalue weighted by atomic mass is 10.2. The summed E-state index contributed by atoms with van der Waals surface area (Å²) in [6.07, 6.45) is 8.94. The van der Waals surface area contributed by atoms with Crippen LogP contribution in [-0.4, -0.2) is 15.9 Å². The number of thiocarbonyl (C=S) groups is 1. The van der Waals surface area contributed by atoms with E-state index < -0.39 is 0 Å². The van der Waals surface area contributed by atoms with Crippen molar-refractivity contribution in [3.8, 4) is 0 Å². The lowest BCUT2D eigenvalue weighted by Gasteiger charge is -2.04. The van der Waals surface area contributed by atoms with E-state index in [2.05, 4.69) is 46.4 Å². The van der Waals surface area contributed by atoms with Crippen molar-refractivity contribution in [2.75, 3.05) is 0 Å². The highest BCUT2D eigenvalue weighted by Gasteiger charge is 2.06. The standard InChI is InChI=1S/C16H22N4S/c1-2-3-4-7-10-20-12-13(11-18-19-16(17)21)14-8-5-6-9-15(14)20/h5-6,8-9,11-12H,2-4,7,10H2,1H3,(H3,17,19,21). The first-order chi connectivity index (χ1) is 10.2. The van der Waals surface area contributed by atoms with Crippen molar-refractivity contribution < 1.29 is 0 Å². The van der Waals surface area contributed by atoms with Crippen LogP contribution in [-0.2, 0) is 6.54 Å². The number of fused-ring (bicyclic) bond motifs is 1. The van der Waals surface area contributed by atoms with Gasteiger partial charge in [0.1, 0.15) is 0 Å². The molecule has 0 saturated heterocycles. The van der Waals surface area contributed by atoms with E-state index in [1.54, 1.807) is 6.21 Å². The number of nitrogens with one attached hydrogen (secondary N) is 1. The molecule has 0 aliphatic heterocycles. The molecule has 3 N–H and O–H groups in total. The Morgan fingerprint density at radius 2 is 2.14 bits per heavy atom. The van der Waals surface area contributed by atoms with Gasteiger partial charge >= 0.3 is 0 Å². The van der Waals surface area contributed by atoms with Gasteiger partial charge < -0.3 is 10.3 Å². The summed E-state index contributed by atoms with van der Waals surface area (Å²) in [5, 5.41) is 5.43. The van der Waals surface area contributed by atoms with Crippen molar-refractivity contribution in [3.05, 3.63) is 36.0 Å². The number of rotatable bonds is 7. The predicted octanol–water partition coefficient (Wildman–Crippen LogP) is 3.39. The second-order valence-corrected chi connectivity index (χ2v) is 5.53. The molecule has 4 nitrogen and oxygen atoms in total. The van der Waals surface area contributed by atoms with Crippen LogP contribution in [0.5, 0.6) is 0 Å². The van der Waals surface area contributed by atoms with E-state index in [1.807, 2.05) is 6.07 Å². The minimum Gasteiger partial charge on any atom is -0.375 e. The number of nitrogens with zero attached hydrogens (tertiary/aromatic N) is 2. The summed E-state index contributed by atoms with van der Waals surface area (Å²) in [5.74, 6) is 0. The number of hydrazone groups is 1. The third-order valence-electron chi connectivity index (χ3n) is 3.45. The molecule has 0 amide bonds. The van der Waals surface area contributed by atoms with Gasteiger partial charge in [-0.1, -0.05) is 44.4 Å². The molecule has 0 radical (unpaired) electrons. The van der Waals surface area contributed by atoms with Crippen molar-refractivity contribution >= 4 is 34.4 Å². The Kier molecular flexibility index (Phi) is 5.75. The molecular weight excluding hydrogens is 280 g/mol. The smallest absolute Gasteiger partial charge is 0.184 e. The Morgan fingerprint density at radius 1 is 1.33 bits per heavy atom. The molecule has 0 saturated carbocycles. The molecule has 2 rings (SSSR count). The van der Waals surface area contributed by atoms with Crippen LogP contribution in [0, 0.1) is 0 Å². The fourth-order valence-corrected chi connectivity index (χ4v) is 2.49. The molecule has 0 aliphatic carbocycles. The maximum atomic E-state index is 5.37. The number of hydrogen-bond acceptors (Lipinski definition) is 2. The maximum absolute atomic E-state index is 5.37. The van der Waals surface area contributed by atoms with Gasteiger partial charge in [0.25, 0.3) is 0 Å². The molecule has 0 unspecified atom stereocenters. The second kappa shape index (κ2) is 7.78. The third kappa shape index (κ3) is 4.29. The van der Waals surface area contributed by atoms with Crippen LogP contribution in [0.4, 0.5) is 0 Å². The highest BCUT2D eigenvalue weighted by molar-refractivity contribution is 7.80. The number of para-hydroxylation sites is 1. The Balaban J connectivity index is 2.17. The van der Waals surface area contributed by atoms with Crippen LogP contribution < -0.4 is 11.2 Å². The van der Waals surface area contributed by atoms with E-state index in [4.69, 9.17) is 18.0 Å². The van der Waals surface area contributed by atoms with Crippen molar-refractivity contribution in [1.82, 2.24) is 9.99 Å². The average Bonchev–Trinajstić information content (AvgIpc) is 2.82. The van der Waals surface area contributed by atoms with E-state index in [9.17, 15) is 0 Å². The highest BCUT2D eigenvalue weighted by atomic mass is 32.1. The molecule has 0 aliphatic rings. The molecule has 1 aromatic heterocycles. The van der Waals surface area contributed by atoms with Crippen LogP contribution in [0.3, 0.4) is 0 Å². The van der Waals surface area contributed by atoms with Crippen molar-refractivity contribution in [1.29, 1.82) is 0 Å². The van der Waals surface area contributed by atoms with Gasteiger partial charge in [0.15, 0.2) is 5.11 Å². The van der Waals surface area contributed by atoms with E-state index >= 15 is 0 Å². The van der Waals surface area contributed by atoms with Gasteiger partial charge in [0.05, 0.1) is 6.21 Å². The van der Waals surface area contributed by atoms with Crippen LogP contribution in [0.1, 0.15) is 38.2 Å². The summed E-state index contributed by atoms with van der Waals surface area (Å²) >= 11 is 4.74. The Morgan fingerprint density at radius 3 is 2.90 bits per heavy atom. The van der Waals surface area contributed by atoms with Crippen molar-refractivity contribution in [2.45, 2.75) is 39.2 Å². The number of benzene rings is 1. The van der Waals surface area contributed by atoms with Crippen LogP contribution in [0.2, 0.25) is 0 Å². The second-order valence-electron chi connectivity index (χ2n) is 5.09. The minimum absolute atomic E-state index is 0.176. The Bertz CT molecular complexity index is 630. The summed E-state index contributed by atoms with van der Waals surface area (Å²) in [4.78, 5) is 0. The minimum atomic E-state index is 0.176. The predicted molar refractivity (Wildman–Crippen MR) is 93.6 cm³/mol. The molecule has 0 atom stereocenters. The summed E-state index contributed by atoms with van der Waals surface area (Å²) in [7, 11) is 0. The third-order valence-corrected chi connectivity index (χ3v) is 3.54. The number of aryl methyl sites for hydroxylation is 1. The molecule has 1 heterocycles. The lowest BCUT2D eigenvalue weighted by Crippen LogP contribution is -2.23. The van der Waals surface area contributed by atoms with Gasteiger partial charge in [-0.2, -0.15) is 5.10 Å². The van der Waals surface area contributed by atoms with Crippen molar-refractivity contribution in [3.63, 3.8) is 0 Å². The fourth-order valence-electron chi connectivity index (χ4n) is 2.44. The van der Waals surface area contributed by atoms with Crippen molar-refractivity contribution in [2.24, 2.45) is 10.8 Å². The molecular formula is C16H22N4S. The molecule has 21 heavy (non-hydrogen) atoms. The quantitative estimate of drug-likeness (QED) is 0.357. The van der Waals surface area contributed by atoms with E-state index in [-0.39, 0.29) is 5.11 Å². The molecule has 112 valence electrons. The van der Waals surface area contributed by atoms with E-state index in [1.165, 1.54) is 36.6 Å². The topological polar surface area (TPSA) is 55.3 Å². The number of aromatic nitrogens is 1. The van der Waals surface area contributed by atoms with Gasteiger partial charge in [0, 0.05) is 29.2 Å². The molecule has 0 fully saturated rings. The zero-order valence-corrected chi connectivity index (χ0v) is 13.2. The first kappa shape index (κ1) is 15.5. The molecule has 0 spiro atoms. The summed E-state index contributed by atoms with van der Waals surface area (Å²) in [5.41, 5.74) is 10.3. The van der Waals surface area contributed by atoms with Gasteiger partial charge in [-0.25, -0.2) is 0 Å². The van der Waals surface area contributed by atoms with Crippen LogP contribution in [0.15, 0.2) is 35.6 Å². The zero-order valence-electron chi connectivity index (χ0n) is 12.4. The van der Waals surface area contributed by atoms with Gasteiger partial charge in [0.2, 0.25) is 0 Å². The summed E-state index contributed by atoms with van der Waals surface area (Å²) < 4.78 is 2.30. The van der Waals surface area contributed by atoms with Gasteiger partial charge in [-0.15, -0.1) is 0 Å². The Labute approximate surface area is 131 Å².